The molecular weight excluding hydrogens is 314 g/mol. The summed E-state index contributed by atoms with van der Waals surface area (Å²) in [6.45, 7) is 21.0. The van der Waals surface area contributed by atoms with Crippen molar-refractivity contribution in [2.75, 3.05) is 78.5 Å². The van der Waals surface area contributed by atoms with Gasteiger partial charge in [-0.1, -0.05) is 27.7 Å². The van der Waals surface area contributed by atoms with Crippen LogP contribution in [0, 0.1) is 0 Å². The Hall–Kier alpha value is -0.280. The maximum atomic E-state index is 3.45. The van der Waals surface area contributed by atoms with Crippen LogP contribution in [0.3, 0.4) is 0 Å². The molecule has 0 saturated carbocycles. The molecule has 0 aromatic rings. The molecule has 0 amide bonds. The summed E-state index contributed by atoms with van der Waals surface area (Å²) in [5, 5.41) is 24.0. The van der Waals surface area contributed by atoms with E-state index >= 15 is 0 Å². The number of hydrogen-bond donors (Lipinski definition) is 7. The molecule has 0 fully saturated rings. The second-order valence-electron chi connectivity index (χ2n) is 6.97. The highest BCUT2D eigenvalue weighted by Crippen LogP contribution is 1.73. The van der Waals surface area contributed by atoms with Crippen molar-refractivity contribution in [1.82, 2.24) is 37.2 Å². The van der Waals surface area contributed by atoms with Crippen molar-refractivity contribution in [3.63, 3.8) is 0 Å². The summed E-state index contributed by atoms with van der Waals surface area (Å²) in [6.07, 6.45) is 0. The fourth-order valence-corrected chi connectivity index (χ4v) is 2.23. The molecule has 0 atom stereocenters. The van der Waals surface area contributed by atoms with Crippen LogP contribution in [-0.4, -0.2) is 90.6 Å². The molecule has 0 rings (SSSR count). The number of hydrogen-bond acceptors (Lipinski definition) is 7. The molecule has 7 heteroatoms. The standard InChI is InChI=1S/C18H45N7/c1-17(2)24-15-13-22-11-9-20-7-5-19-6-8-21-10-12-23-14-16-25-18(3)4/h17-25H,5-16H2,1-4H3. The van der Waals surface area contributed by atoms with Gasteiger partial charge in [-0.15, -0.1) is 0 Å². The predicted molar refractivity (Wildman–Crippen MR) is 111 cm³/mol. The first kappa shape index (κ1) is 24.7. The highest BCUT2D eigenvalue weighted by Gasteiger charge is 1.93. The highest BCUT2D eigenvalue weighted by molar-refractivity contribution is 4.60. The Morgan fingerprint density at radius 2 is 0.560 bits per heavy atom. The summed E-state index contributed by atoms with van der Waals surface area (Å²) in [6, 6.07) is 1.15. The molecule has 0 unspecified atom stereocenters. The van der Waals surface area contributed by atoms with Gasteiger partial charge >= 0.3 is 0 Å². The molecule has 0 heterocycles. The Kier molecular flexibility index (Phi) is 19.8. The lowest BCUT2D eigenvalue weighted by atomic mass is 10.4. The van der Waals surface area contributed by atoms with Crippen LogP contribution in [0.15, 0.2) is 0 Å². The van der Waals surface area contributed by atoms with Crippen LogP contribution in [-0.2, 0) is 0 Å². The van der Waals surface area contributed by atoms with Crippen molar-refractivity contribution >= 4 is 0 Å². The summed E-state index contributed by atoms with van der Waals surface area (Å²) < 4.78 is 0. The minimum absolute atomic E-state index is 0.573. The van der Waals surface area contributed by atoms with Gasteiger partial charge in [0.15, 0.2) is 0 Å². The molecule has 0 aliphatic rings. The second-order valence-corrected chi connectivity index (χ2v) is 6.97. The van der Waals surface area contributed by atoms with Crippen molar-refractivity contribution in [2.45, 2.75) is 39.8 Å². The summed E-state index contributed by atoms with van der Waals surface area (Å²) >= 11 is 0. The van der Waals surface area contributed by atoms with Crippen LogP contribution in [0.5, 0.6) is 0 Å². The first-order valence-electron chi connectivity index (χ1n) is 10.1. The lowest BCUT2D eigenvalue weighted by molar-refractivity contribution is 0.531. The van der Waals surface area contributed by atoms with Crippen LogP contribution in [0.1, 0.15) is 27.7 Å². The molecule has 0 saturated heterocycles. The average Bonchev–Trinajstić information content (AvgIpc) is 2.56. The van der Waals surface area contributed by atoms with Crippen molar-refractivity contribution in [3.05, 3.63) is 0 Å². The van der Waals surface area contributed by atoms with Crippen LogP contribution in [0.25, 0.3) is 0 Å². The fourth-order valence-electron chi connectivity index (χ4n) is 2.23. The lowest BCUT2D eigenvalue weighted by Crippen LogP contribution is -2.38. The summed E-state index contributed by atoms with van der Waals surface area (Å²) in [5.41, 5.74) is 0. The number of nitrogens with one attached hydrogen (secondary N) is 7. The van der Waals surface area contributed by atoms with E-state index in [-0.39, 0.29) is 0 Å². The average molecular weight is 360 g/mol. The van der Waals surface area contributed by atoms with Gasteiger partial charge < -0.3 is 37.2 Å². The highest BCUT2D eigenvalue weighted by atomic mass is 15.0. The van der Waals surface area contributed by atoms with Gasteiger partial charge in [-0.3, -0.25) is 0 Å². The maximum absolute atomic E-state index is 3.45. The van der Waals surface area contributed by atoms with E-state index in [1.807, 2.05) is 0 Å². The Balaban J connectivity index is 2.98. The lowest BCUT2D eigenvalue weighted by Gasteiger charge is -2.10. The Bertz CT molecular complexity index is 226. The van der Waals surface area contributed by atoms with E-state index in [9.17, 15) is 0 Å². The molecule has 0 bridgehead atoms. The summed E-state index contributed by atoms with van der Waals surface area (Å²) in [7, 11) is 0. The molecular formula is C18H45N7. The van der Waals surface area contributed by atoms with Gasteiger partial charge in [-0.25, -0.2) is 0 Å². The van der Waals surface area contributed by atoms with Gasteiger partial charge in [-0.05, 0) is 0 Å². The molecule has 0 aromatic heterocycles. The molecule has 0 aliphatic carbocycles. The first-order valence-corrected chi connectivity index (χ1v) is 10.1. The minimum Gasteiger partial charge on any atom is -0.314 e. The smallest absolute Gasteiger partial charge is 0.00791 e. The zero-order chi connectivity index (χ0) is 18.6. The molecule has 152 valence electrons. The van der Waals surface area contributed by atoms with Gasteiger partial charge in [0.1, 0.15) is 0 Å². The van der Waals surface area contributed by atoms with E-state index in [4.69, 9.17) is 0 Å². The quantitative estimate of drug-likeness (QED) is 0.139. The van der Waals surface area contributed by atoms with E-state index in [0.717, 1.165) is 78.5 Å². The molecule has 7 nitrogen and oxygen atoms in total. The van der Waals surface area contributed by atoms with E-state index in [1.165, 1.54) is 0 Å². The Labute approximate surface area is 156 Å². The van der Waals surface area contributed by atoms with Crippen LogP contribution in [0.4, 0.5) is 0 Å². The third kappa shape index (κ3) is 23.7. The molecule has 0 aromatic carbocycles. The predicted octanol–water partition coefficient (Wildman–Crippen LogP) is -1.07. The SMILES string of the molecule is CC(C)NCCNCCNCCNCCNCCNCCNC(C)C. The molecule has 0 spiro atoms. The zero-order valence-electron chi connectivity index (χ0n) is 17.1. The van der Waals surface area contributed by atoms with Crippen molar-refractivity contribution in [2.24, 2.45) is 0 Å². The Morgan fingerprint density at radius 1 is 0.360 bits per heavy atom. The molecule has 0 radical (unpaired) electrons. The van der Waals surface area contributed by atoms with Crippen molar-refractivity contribution < 1.29 is 0 Å². The van der Waals surface area contributed by atoms with E-state index in [0.29, 0.717) is 12.1 Å². The van der Waals surface area contributed by atoms with E-state index < -0.39 is 0 Å². The molecule has 0 aliphatic heterocycles. The third-order valence-corrected chi connectivity index (χ3v) is 3.62. The van der Waals surface area contributed by atoms with E-state index in [2.05, 4.69) is 64.9 Å². The molecule has 25 heavy (non-hydrogen) atoms. The first-order chi connectivity index (χ1) is 12.1. The summed E-state index contributed by atoms with van der Waals surface area (Å²) in [4.78, 5) is 0. The fraction of sp³-hybridized carbons (Fsp3) is 1.00. The maximum Gasteiger partial charge on any atom is 0.00791 e. The van der Waals surface area contributed by atoms with Crippen LogP contribution in [0.2, 0.25) is 0 Å². The topological polar surface area (TPSA) is 84.2 Å². The van der Waals surface area contributed by atoms with Gasteiger partial charge in [0.2, 0.25) is 0 Å². The van der Waals surface area contributed by atoms with Gasteiger partial charge in [-0.2, -0.15) is 0 Å². The van der Waals surface area contributed by atoms with Crippen molar-refractivity contribution in [1.29, 1.82) is 0 Å². The Morgan fingerprint density at radius 3 is 0.760 bits per heavy atom. The van der Waals surface area contributed by atoms with Gasteiger partial charge in [0, 0.05) is 90.6 Å². The normalized spacial score (nSPS) is 11.8. The largest absolute Gasteiger partial charge is 0.314 e. The van der Waals surface area contributed by atoms with Crippen LogP contribution >= 0.6 is 0 Å². The van der Waals surface area contributed by atoms with Gasteiger partial charge in [0.25, 0.3) is 0 Å². The van der Waals surface area contributed by atoms with Crippen molar-refractivity contribution in [3.8, 4) is 0 Å². The monoisotopic (exact) mass is 359 g/mol. The van der Waals surface area contributed by atoms with Gasteiger partial charge in [0.05, 0.1) is 0 Å². The van der Waals surface area contributed by atoms with E-state index in [1.54, 1.807) is 0 Å². The summed E-state index contributed by atoms with van der Waals surface area (Å²) in [5.74, 6) is 0. The minimum atomic E-state index is 0.573. The number of rotatable bonds is 20. The zero-order valence-corrected chi connectivity index (χ0v) is 17.1. The van der Waals surface area contributed by atoms with Crippen LogP contribution < -0.4 is 37.2 Å². The second kappa shape index (κ2) is 20.0. The third-order valence-electron chi connectivity index (χ3n) is 3.62. The molecule has 7 N–H and O–H groups in total.